The molecular weight excluding hydrogens is 268 g/mol. The smallest absolute Gasteiger partial charge is 0.134 e. The quantitative estimate of drug-likeness (QED) is 0.769. The number of hydrogen-bond acceptors (Lipinski definition) is 5. The van der Waals surface area contributed by atoms with Crippen LogP contribution in [0.1, 0.15) is 38.7 Å². The number of rotatable bonds is 8. The fraction of sp³-hybridized carbons (Fsp3) is 0.733. The first-order chi connectivity index (χ1) is 9.85. The third-order valence-corrected chi connectivity index (χ3v) is 4.80. The van der Waals surface area contributed by atoms with Crippen molar-refractivity contribution in [1.29, 1.82) is 0 Å². The van der Waals surface area contributed by atoms with Gasteiger partial charge in [-0.3, -0.25) is 0 Å². The lowest BCUT2D eigenvalue weighted by molar-refractivity contribution is 0.629. The Bertz CT molecular complexity index is 405. The summed E-state index contributed by atoms with van der Waals surface area (Å²) in [5, 5.41) is 6.97. The van der Waals surface area contributed by atoms with Crippen LogP contribution in [-0.4, -0.2) is 34.6 Å². The van der Waals surface area contributed by atoms with Gasteiger partial charge in [-0.1, -0.05) is 20.3 Å². The molecule has 1 aliphatic rings. The average Bonchev–Trinajstić information content (AvgIpc) is 2.98. The van der Waals surface area contributed by atoms with Crippen LogP contribution in [0.15, 0.2) is 6.33 Å². The van der Waals surface area contributed by atoms with Crippen molar-refractivity contribution in [2.24, 2.45) is 5.92 Å². The van der Waals surface area contributed by atoms with Crippen LogP contribution in [0.4, 0.5) is 11.6 Å². The molecule has 2 heterocycles. The second-order valence-corrected chi connectivity index (χ2v) is 6.49. The predicted molar refractivity (Wildman–Crippen MR) is 88.7 cm³/mol. The minimum Gasteiger partial charge on any atom is -0.370 e. The normalized spacial score (nSPS) is 18.2. The Balaban J connectivity index is 2.04. The highest BCUT2D eigenvalue weighted by Crippen LogP contribution is 2.26. The van der Waals surface area contributed by atoms with E-state index in [9.17, 15) is 0 Å². The second-order valence-electron chi connectivity index (χ2n) is 5.34. The lowest BCUT2D eigenvalue weighted by Gasteiger charge is -2.16. The van der Waals surface area contributed by atoms with E-state index in [1.165, 1.54) is 23.5 Å². The molecule has 1 fully saturated rings. The minimum atomic E-state index is 0.788. The van der Waals surface area contributed by atoms with Crippen molar-refractivity contribution >= 4 is 23.4 Å². The van der Waals surface area contributed by atoms with E-state index in [1.54, 1.807) is 6.33 Å². The zero-order chi connectivity index (χ0) is 14.2. The Morgan fingerprint density at radius 1 is 1.20 bits per heavy atom. The Hall–Kier alpha value is -0.970. The maximum absolute atomic E-state index is 4.46. The van der Waals surface area contributed by atoms with Gasteiger partial charge in [0.2, 0.25) is 0 Å². The molecule has 0 amide bonds. The molecule has 1 aromatic rings. The molecule has 4 nitrogen and oxygen atoms in total. The summed E-state index contributed by atoms with van der Waals surface area (Å²) in [5.74, 6) is 5.41. The summed E-state index contributed by atoms with van der Waals surface area (Å²) in [6, 6.07) is 0. The SMILES string of the molecule is CCCNc1ncnc(NCC2CCSC2)c1CCC. The van der Waals surface area contributed by atoms with Crippen molar-refractivity contribution < 1.29 is 0 Å². The molecule has 2 N–H and O–H groups in total. The molecule has 0 aliphatic carbocycles. The molecule has 0 aromatic carbocycles. The number of hydrogen-bond donors (Lipinski definition) is 2. The first kappa shape index (κ1) is 15.4. The largest absolute Gasteiger partial charge is 0.370 e. The first-order valence-corrected chi connectivity index (χ1v) is 8.90. The summed E-state index contributed by atoms with van der Waals surface area (Å²) in [4.78, 5) is 8.87. The van der Waals surface area contributed by atoms with Crippen molar-refractivity contribution in [3.05, 3.63) is 11.9 Å². The van der Waals surface area contributed by atoms with Gasteiger partial charge >= 0.3 is 0 Å². The highest BCUT2D eigenvalue weighted by molar-refractivity contribution is 7.99. The molecule has 1 unspecified atom stereocenters. The van der Waals surface area contributed by atoms with E-state index in [0.29, 0.717) is 0 Å². The molecule has 20 heavy (non-hydrogen) atoms. The highest BCUT2D eigenvalue weighted by atomic mass is 32.2. The molecule has 1 atom stereocenters. The summed E-state index contributed by atoms with van der Waals surface area (Å²) in [5.41, 5.74) is 1.24. The van der Waals surface area contributed by atoms with E-state index >= 15 is 0 Å². The van der Waals surface area contributed by atoms with E-state index in [1.807, 2.05) is 0 Å². The molecule has 0 spiro atoms. The number of thioether (sulfide) groups is 1. The maximum atomic E-state index is 4.46. The van der Waals surface area contributed by atoms with E-state index in [0.717, 1.165) is 49.9 Å². The predicted octanol–water partition coefficient (Wildman–Crippen LogP) is 3.42. The minimum absolute atomic E-state index is 0.788. The van der Waals surface area contributed by atoms with Crippen molar-refractivity contribution in [3.8, 4) is 0 Å². The van der Waals surface area contributed by atoms with E-state index in [4.69, 9.17) is 0 Å². The molecule has 5 heteroatoms. The molecular formula is C15H26N4S. The third kappa shape index (κ3) is 4.27. The van der Waals surface area contributed by atoms with Gasteiger partial charge < -0.3 is 10.6 Å². The summed E-state index contributed by atoms with van der Waals surface area (Å²) in [6.07, 6.45) is 6.24. The van der Waals surface area contributed by atoms with Gasteiger partial charge in [-0.2, -0.15) is 11.8 Å². The van der Waals surface area contributed by atoms with Gasteiger partial charge in [0.05, 0.1) is 0 Å². The number of nitrogens with one attached hydrogen (secondary N) is 2. The molecule has 0 bridgehead atoms. The summed E-state index contributed by atoms with van der Waals surface area (Å²) >= 11 is 2.06. The van der Waals surface area contributed by atoms with Crippen LogP contribution in [0.5, 0.6) is 0 Å². The van der Waals surface area contributed by atoms with Gasteiger partial charge in [-0.25, -0.2) is 9.97 Å². The lowest BCUT2D eigenvalue weighted by atomic mass is 10.1. The average molecular weight is 294 g/mol. The monoisotopic (exact) mass is 294 g/mol. The number of anilines is 2. The second kappa shape index (κ2) is 8.35. The molecule has 1 aromatic heterocycles. The Labute approximate surface area is 126 Å². The standard InChI is InChI=1S/C15H26N4S/c1-3-5-13-14(16-7-4-2)18-11-19-15(13)17-9-12-6-8-20-10-12/h11-12H,3-10H2,1-2H3,(H2,16,17,18,19). The van der Waals surface area contributed by atoms with Crippen molar-refractivity contribution in [2.45, 2.75) is 39.5 Å². The summed E-state index contributed by atoms with van der Waals surface area (Å²) in [7, 11) is 0. The zero-order valence-corrected chi connectivity index (χ0v) is 13.4. The van der Waals surface area contributed by atoms with Crippen LogP contribution >= 0.6 is 11.8 Å². The van der Waals surface area contributed by atoms with Gasteiger partial charge in [0.1, 0.15) is 18.0 Å². The van der Waals surface area contributed by atoms with Crippen LogP contribution in [0.3, 0.4) is 0 Å². The fourth-order valence-electron chi connectivity index (χ4n) is 2.43. The van der Waals surface area contributed by atoms with Crippen LogP contribution in [0.2, 0.25) is 0 Å². The topological polar surface area (TPSA) is 49.8 Å². The van der Waals surface area contributed by atoms with Gasteiger partial charge in [-0.05, 0) is 36.7 Å². The lowest BCUT2D eigenvalue weighted by Crippen LogP contribution is -2.17. The highest BCUT2D eigenvalue weighted by Gasteiger charge is 2.17. The van der Waals surface area contributed by atoms with Crippen LogP contribution < -0.4 is 10.6 Å². The molecule has 0 saturated carbocycles. The first-order valence-electron chi connectivity index (χ1n) is 7.74. The van der Waals surface area contributed by atoms with Crippen LogP contribution in [-0.2, 0) is 6.42 Å². The molecule has 1 aliphatic heterocycles. The van der Waals surface area contributed by atoms with Gasteiger partial charge in [0.15, 0.2) is 0 Å². The Kier molecular flexibility index (Phi) is 6.43. The van der Waals surface area contributed by atoms with E-state index in [-0.39, 0.29) is 0 Å². The van der Waals surface area contributed by atoms with E-state index < -0.39 is 0 Å². The van der Waals surface area contributed by atoms with Gasteiger partial charge in [0, 0.05) is 18.7 Å². The molecule has 1 saturated heterocycles. The molecule has 112 valence electrons. The Morgan fingerprint density at radius 2 is 2.00 bits per heavy atom. The summed E-state index contributed by atoms with van der Waals surface area (Å²) in [6.45, 7) is 6.37. The van der Waals surface area contributed by atoms with Gasteiger partial charge in [-0.15, -0.1) is 0 Å². The number of aromatic nitrogens is 2. The zero-order valence-electron chi connectivity index (χ0n) is 12.6. The third-order valence-electron chi connectivity index (χ3n) is 3.57. The van der Waals surface area contributed by atoms with Crippen molar-refractivity contribution in [1.82, 2.24) is 9.97 Å². The van der Waals surface area contributed by atoms with Crippen molar-refractivity contribution in [2.75, 3.05) is 35.2 Å². The van der Waals surface area contributed by atoms with E-state index in [2.05, 4.69) is 46.2 Å². The maximum Gasteiger partial charge on any atom is 0.134 e. The Morgan fingerprint density at radius 3 is 2.65 bits per heavy atom. The van der Waals surface area contributed by atoms with Crippen LogP contribution in [0.25, 0.3) is 0 Å². The fourth-order valence-corrected chi connectivity index (χ4v) is 3.72. The molecule has 2 rings (SSSR count). The van der Waals surface area contributed by atoms with Crippen LogP contribution in [0, 0.1) is 5.92 Å². The summed E-state index contributed by atoms with van der Waals surface area (Å²) < 4.78 is 0. The molecule has 0 radical (unpaired) electrons. The number of nitrogens with zero attached hydrogens (tertiary/aromatic N) is 2. The van der Waals surface area contributed by atoms with Gasteiger partial charge in [0.25, 0.3) is 0 Å². The van der Waals surface area contributed by atoms with Crippen molar-refractivity contribution in [3.63, 3.8) is 0 Å².